The van der Waals surface area contributed by atoms with Crippen LogP contribution < -0.4 is 10.1 Å². The Bertz CT molecular complexity index is 287. The third-order valence-electron chi connectivity index (χ3n) is 2.52. The van der Waals surface area contributed by atoms with Crippen LogP contribution in [0.5, 0.6) is 5.75 Å². The van der Waals surface area contributed by atoms with Crippen LogP contribution in [0, 0.1) is 0 Å². The van der Waals surface area contributed by atoms with Crippen LogP contribution in [-0.4, -0.2) is 40.6 Å². The molecule has 0 amide bonds. The van der Waals surface area contributed by atoms with Crippen LogP contribution in [0.1, 0.15) is 12.0 Å². The van der Waals surface area contributed by atoms with Gasteiger partial charge < -0.3 is 19.5 Å². The number of methoxy groups -OCH3 is 2. The summed E-state index contributed by atoms with van der Waals surface area (Å²) in [6.07, 6.45) is 0.905. The van der Waals surface area contributed by atoms with Crippen molar-refractivity contribution >= 4 is 0 Å². The van der Waals surface area contributed by atoms with E-state index in [9.17, 15) is 0 Å². The van der Waals surface area contributed by atoms with Crippen molar-refractivity contribution in [2.45, 2.75) is 13.0 Å². The molecule has 1 rings (SSSR count). The number of para-hydroxylation sites is 1. The highest BCUT2D eigenvalue weighted by molar-refractivity contribution is 5.33. The smallest absolute Gasteiger partial charge is 0.123 e. The maximum atomic E-state index is 5.74. The SMILES string of the molecule is COCCCOc1ccccc1CNCCOC. The Morgan fingerprint density at radius 2 is 1.78 bits per heavy atom. The van der Waals surface area contributed by atoms with Crippen molar-refractivity contribution in [1.29, 1.82) is 0 Å². The summed E-state index contributed by atoms with van der Waals surface area (Å²) in [6.45, 7) is 3.77. The van der Waals surface area contributed by atoms with Crippen LogP contribution in [0.3, 0.4) is 0 Å². The predicted molar refractivity (Wildman–Crippen MR) is 72.0 cm³/mol. The van der Waals surface area contributed by atoms with Gasteiger partial charge in [0.05, 0.1) is 13.2 Å². The van der Waals surface area contributed by atoms with E-state index in [2.05, 4.69) is 11.4 Å². The average molecular weight is 253 g/mol. The normalized spacial score (nSPS) is 10.6. The Morgan fingerprint density at radius 3 is 2.56 bits per heavy atom. The summed E-state index contributed by atoms with van der Waals surface area (Å²) in [4.78, 5) is 0. The quantitative estimate of drug-likeness (QED) is 0.646. The lowest BCUT2D eigenvalue weighted by molar-refractivity contribution is 0.171. The number of nitrogens with one attached hydrogen (secondary N) is 1. The minimum Gasteiger partial charge on any atom is -0.493 e. The molecule has 0 spiro atoms. The van der Waals surface area contributed by atoms with Gasteiger partial charge in [0.15, 0.2) is 0 Å². The van der Waals surface area contributed by atoms with Crippen LogP contribution in [-0.2, 0) is 16.0 Å². The number of rotatable bonds is 10. The average Bonchev–Trinajstić information content (AvgIpc) is 2.41. The molecular weight excluding hydrogens is 230 g/mol. The van der Waals surface area contributed by atoms with E-state index in [0.29, 0.717) is 6.61 Å². The summed E-state index contributed by atoms with van der Waals surface area (Å²) in [5, 5.41) is 3.31. The van der Waals surface area contributed by atoms with Crippen molar-refractivity contribution in [1.82, 2.24) is 5.32 Å². The van der Waals surface area contributed by atoms with Gasteiger partial charge in [-0.3, -0.25) is 0 Å². The van der Waals surface area contributed by atoms with E-state index < -0.39 is 0 Å². The third-order valence-corrected chi connectivity index (χ3v) is 2.52. The van der Waals surface area contributed by atoms with Crippen molar-refractivity contribution in [3.8, 4) is 5.75 Å². The van der Waals surface area contributed by atoms with Gasteiger partial charge in [0.1, 0.15) is 5.75 Å². The summed E-state index contributed by atoms with van der Waals surface area (Å²) in [6, 6.07) is 8.09. The number of ether oxygens (including phenoxy) is 3. The standard InChI is InChI=1S/C14H23NO3/c1-16-9-5-10-18-14-7-4-3-6-13(14)12-15-8-11-17-2/h3-4,6-7,15H,5,8-12H2,1-2H3. The van der Waals surface area contributed by atoms with Gasteiger partial charge in [-0.05, 0) is 6.07 Å². The fourth-order valence-electron chi connectivity index (χ4n) is 1.57. The van der Waals surface area contributed by atoms with Crippen molar-refractivity contribution in [3.63, 3.8) is 0 Å². The number of hydrogen-bond acceptors (Lipinski definition) is 4. The summed E-state index contributed by atoms with van der Waals surface area (Å²) in [5.41, 5.74) is 1.17. The van der Waals surface area contributed by atoms with E-state index in [1.165, 1.54) is 5.56 Å². The molecule has 4 nitrogen and oxygen atoms in total. The van der Waals surface area contributed by atoms with Gasteiger partial charge in [0, 0.05) is 45.9 Å². The Morgan fingerprint density at radius 1 is 1.00 bits per heavy atom. The molecular formula is C14H23NO3. The van der Waals surface area contributed by atoms with Gasteiger partial charge in [-0.1, -0.05) is 18.2 Å². The first kappa shape index (κ1) is 15.0. The maximum absolute atomic E-state index is 5.74. The van der Waals surface area contributed by atoms with Crippen molar-refractivity contribution < 1.29 is 14.2 Å². The van der Waals surface area contributed by atoms with Crippen LogP contribution in [0.2, 0.25) is 0 Å². The molecule has 0 aliphatic rings. The minimum atomic E-state index is 0.683. The molecule has 18 heavy (non-hydrogen) atoms. The molecule has 1 aromatic rings. The number of hydrogen-bond donors (Lipinski definition) is 1. The molecule has 0 aliphatic heterocycles. The van der Waals surface area contributed by atoms with Gasteiger partial charge in [0.2, 0.25) is 0 Å². The van der Waals surface area contributed by atoms with Crippen molar-refractivity contribution in [2.24, 2.45) is 0 Å². The molecule has 0 saturated heterocycles. The molecule has 0 bridgehead atoms. The van der Waals surface area contributed by atoms with Gasteiger partial charge in [-0.25, -0.2) is 0 Å². The second-order valence-corrected chi connectivity index (χ2v) is 3.97. The molecule has 0 aromatic heterocycles. The first-order valence-corrected chi connectivity index (χ1v) is 6.27. The van der Waals surface area contributed by atoms with Gasteiger partial charge in [-0.15, -0.1) is 0 Å². The highest BCUT2D eigenvalue weighted by Crippen LogP contribution is 2.17. The van der Waals surface area contributed by atoms with Crippen molar-refractivity contribution in [3.05, 3.63) is 29.8 Å². The van der Waals surface area contributed by atoms with Crippen LogP contribution in [0.15, 0.2) is 24.3 Å². The molecule has 0 radical (unpaired) electrons. The first-order valence-electron chi connectivity index (χ1n) is 6.27. The summed E-state index contributed by atoms with van der Waals surface area (Å²) in [5.74, 6) is 0.943. The highest BCUT2D eigenvalue weighted by atomic mass is 16.5. The fraction of sp³-hybridized carbons (Fsp3) is 0.571. The second-order valence-electron chi connectivity index (χ2n) is 3.97. The Balaban J connectivity index is 2.36. The summed E-state index contributed by atoms with van der Waals surface area (Å²) >= 11 is 0. The lowest BCUT2D eigenvalue weighted by Gasteiger charge is -2.12. The molecule has 1 aromatic carbocycles. The topological polar surface area (TPSA) is 39.7 Å². The number of benzene rings is 1. The zero-order chi connectivity index (χ0) is 13.1. The maximum Gasteiger partial charge on any atom is 0.123 e. The van der Waals surface area contributed by atoms with E-state index in [1.54, 1.807) is 14.2 Å². The Kier molecular flexibility index (Phi) is 8.21. The van der Waals surface area contributed by atoms with Crippen LogP contribution >= 0.6 is 0 Å². The zero-order valence-corrected chi connectivity index (χ0v) is 11.3. The summed E-state index contributed by atoms with van der Waals surface area (Å²) < 4.78 is 15.7. The van der Waals surface area contributed by atoms with Gasteiger partial charge in [-0.2, -0.15) is 0 Å². The molecule has 0 atom stereocenters. The van der Waals surface area contributed by atoms with E-state index in [4.69, 9.17) is 14.2 Å². The third kappa shape index (κ3) is 6.00. The molecule has 0 saturated carbocycles. The molecule has 1 N–H and O–H groups in total. The van der Waals surface area contributed by atoms with Gasteiger partial charge in [0.25, 0.3) is 0 Å². The van der Waals surface area contributed by atoms with E-state index in [0.717, 1.165) is 38.5 Å². The highest BCUT2D eigenvalue weighted by Gasteiger charge is 2.02. The van der Waals surface area contributed by atoms with Crippen LogP contribution in [0.25, 0.3) is 0 Å². The minimum absolute atomic E-state index is 0.683. The second kappa shape index (κ2) is 9.88. The predicted octanol–water partition coefficient (Wildman–Crippen LogP) is 1.84. The fourth-order valence-corrected chi connectivity index (χ4v) is 1.57. The van der Waals surface area contributed by atoms with Crippen molar-refractivity contribution in [2.75, 3.05) is 40.6 Å². The van der Waals surface area contributed by atoms with E-state index in [-0.39, 0.29) is 0 Å². The lowest BCUT2D eigenvalue weighted by atomic mass is 10.2. The summed E-state index contributed by atoms with van der Waals surface area (Å²) in [7, 11) is 3.40. The van der Waals surface area contributed by atoms with E-state index in [1.807, 2.05) is 18.2 Å². The monoisotopic (exact) mass is 253 g/mol. The molecule has 4 heteroatoms. The molecule has 0 unspecified atom stereocenters. The molecule has 0 heterocycles. The first-order chi connectivity index (χ1) is 8.88. The Labute approximate surface area is 109 Å². The molecule has 0 aliphatic carbocycles. The largest absolute Gasteiger partial charge is 0.493 e. The van der Waals surface area contributed by atoms with Crippen LogP contribution in [0.4, 0.5) is 0 Å². The van der Waals surface area contributed by atoms with E-state index >= 15 is 0 Å². The molecule has 102 valence electrons. The Hall–Kier alpha value is -1.10. The lowest BCUT2D eigenvalue weighted by Crippen LogP contribution is -2.19. The zero-order valence-electron chi connectivity index (χ0n) is 11.3. The van der Waals surface area contributed by atoms with Gasteiger partial charge >= 0.3 is 0 Å². The molecule has 0 fully saturated rings.